The average Bonchev–Trinajstić information content (AvgIpc) is 2.77. The van der Waals surface area contributed by atoms with Crippen molar-refractivity contribution in [1.82, 2.24) is 5.32 Å². The molecule has 1 saturated heterocycles. The first-order valence-corrected chi connectivity index (χ1v) is 7.04. The minimum absolute atomic E-state index is 0.107. The first-order valence-electron chi connectivity index (χ1n) is 5.87. The number of hydrogen-bond donors (Lipinski definition) is 1. The third-order valence-corrected chi connectivity index (χ3v) is 4.32. The van der Waals surface area contributed by atoms with Crippen LogP contribution in [0.15, 0.2) is 22.7 Å². The third kappa shape index (κ3) is 3.25. The Kier molecular flexibility index (Phi) is 4.30. The van der Waals surface area contributed by atoms with Gasteiger partial charge in [-0.15, -0.1) is 0 Å². The van der Waals surface area contributed by atoms with Gasteiger partial charge >= 0.3 is 0 Å². The fourth-order valence-corrected chi connectivity index (χ4v) is 2.48. The maximum Gasteiger partial charge on any atom is 0.251 e. The summed E-state index contributed by atoms with van der Waals surface area (Å²) in [5.41, 5.74) is 0.368. The van der Waals surface area contributed by atoms with Gasteiger partial charge in [0.1, 0.15) is 0 Å². The Bertz CT molecular complexity index is 458. The predicted octanol–water partition coefficient (Wildman–Crippen LogP) is 3.40. The van der Waals surface area contributed by atoms with Crippen molar-refractivity contribution in [2.45, 2.75) is 25.4 Å². The monoisotopic (exact) mass is 331 g/mol. The maximum absolute atomic E-state index is 12.0. The van der Waals surface area contributed by atoms with E-state index in [1.54, 1.807) is 18.2 Å². The van der Waals surface area contributed by atoms with Crippen molar-refractivity contribution in [3.8, 4) is 0 Å². The summed E-state index contributed by atoms with van der Waals surface area (Å²) >= 11 is 9.20. The predicted molar refractivity (Wildman–Crippen MR) is 75.1 cm³/mol. The van der Waals surface area contributed by atoms with Gasteiger partial charge < -0.3 is 10.1 Å². The van der Waals surface area contributed by atoms with Crippen LogP contribution in [-0.2, 0) is 4.74 Å². The van der Waals surface area contributed by atoms with E-state index in [4.69, 9.17) is 16.3 Å². The van der Waals surface area contributed by atoms with Crippen LogP contribution < -0.4 is 5.32 Å². The van der Waals surface area contributed by atoms with Crippen molar-refractivity contribution in [2.75, 3.05) is 13.2 Å². The summed E-state index contributed by atoms with van der Waals surface area (Å²) in [5, 5.41) is 3.50. The maximum atomic E-state index is 12.0. The number of ether oxygens (including phenoxy) is 1. The molecule has 5 heteroatoms. The lowest BCUT2D eigenvalue weighted by atomic mass is 10.0. The van der Waals surface area contributed by atoms with Crippen molar-refractivity contribution in [1.29, 1.82) is 0 Å². The normalized spacial score (nSPS) is 23.1. The van der Waals surface area contributed by atoms with E-state index in [1.165, 1.54) is 0 Å². The molecular formula is C13H15BrClNO2. The lowest BCUT2D eigenvalue weighted by molar-refractivity contribution is 0.0206. The fraction of sp³-hybridized carbons (Fsp3) is 0.462. The molecule has 98 valence electrons. The van der Waals surface area contributed by atoms with Crippen molar-refractivity contribution in [3.05, 3.63) is 33.3 Å². The molecule has 1 aromatic rings. The quantitative estimate of drug-likeness (QED) is 0.921. The molecule has 1 aromatic carbocycles. The van der Waals surface area contributed by atoms with Gasteiger partial charge in [-0.1, -0.05) is 11.6 Å². The molecule has 1 aliphatic heterocycles. The Labute approximate surface area is 120 Å². The highest BCUT2D eigenvalue weighted by molar-refractivity contribution is 9.10. The summed E-state index contributed by atoms with van der Waals surface area (Å²) in [6.45, 7) is 3.34. The summed E-state index contributed by atoms with van der Waals surface area (Å²) < 4.78 is 6.35. The Morgan fingerprint density at radius 2 is 2.39 bits per heavy atom. The molecule has 0 spiro atoms. The zero-order valence-electron chi connectivity index (χ0n) is 10.1. The van der Waals surface area contributed by atoms with Gasteiger partial charge in [-0.25, -0.2) is 0 Å². The Morgan fingerprint density at radius 3 is 3.00 bits per heavy atom. The third-order valence-electron chi connectivity index (χ3n) is 3.11. The molecule has 2 rings (SSSR count). The summed E-state index contributed by atoms with van der Waals surface area (Å²) in [6.07, 6.45) is 2.04. The Balaban J connectivity index is 1.97. The number of amides is 1. The zero-order valence-corrected chi connectivity index (χ0v) is 12.5. The number of rotatable bonds is 3. The van der Waals surface area contributed by atoms with Gasteiger partial charge in [-0.3, -0.25) is 4.79 Å². The summed E-state index contributed by atoms with van der Waals surface area (Å²) in [6, 6.07) is 5.13. The highest BCUT2D eigenvalue weighted by Gasteiger charge is 2.30. The van der Waals surface area contributed by atoms with E-state index < -0.39 is 0 Å². The molecule has 1 atom stereocenters. The van der Waals surface area contributed by atoms with Gasteiger partial charge in [-0.05, 0) is 53.9 Å². The number of halogens is 2. The standard InChI is InChI=1S/C13H15BrClNO2/c1-13(5-2-6-18-13)8-16-12(17)9-3-4-11(15)10(14)7-9/h3-4,7H,2,5-6,8H2,1H3,(H,16,17). The van der Waals surface area contributed by atoms with E-state index in [0.29, 0.717) is 17.1 Å². The second-order valence-corrected chi connectivity index (χ2v) is 5.98. The molecule has 1 unspecified atom stereocenters. The van der Waals surface area contributed by atoms with E-state index in [2.05, 4.69) is 21.2 Å². The number of carbonyl (C=O) groups excluding carboxylic acids is 1. The van der Waals surface area contributed by atoms with Crippen LogP contribution in [0.3, 0.4) is 0 Å². The van der Waals surface area contributed by atoms with Crippen LogP contribution in [0.1, 0.15) is 30.1 Å². The SMILES string of the molecule is CC1(CNC(=O)c2ccc(Cl)c(Br)c2)CCCO1. The lowest BCUT2D eigenvalue weighted by Crippen LogP contribution is -2.40. The minimum Gasteiger partial charge on any atom is -0.373 e. The van der Waals surface area contributed by atoms with E-state index in [1.807, 2.05) is 6.92 Å². The molecule has 1 aliphatic rings. The largest absolute Gasteiger partial charge is 0.373 e. The fourth-order valence-electron chi connectivity index (χ4n) is 1.98. The molecule has 3 nitrogen and oxygen atoms in total. The van der Waals surface area contributed by atoms with Crippen molar-refractivity contribution in [3.63, 3.8) is 0 Å². The van der Waals surface area contributed by atoms with Gasteiger partial charge in [0.15, 0.2) is 0 Å². The van der Waals surface area contributed by atoms with Gasteiger partial charge in [-0.2, -0.15) is 0 Å². The molecule has 0 aromatic heterocycles. The summed E-state index contributed by atoms with van der Waals surface area (Å²) in [5.74, 6) is -0.107. The van der Waals surface area contributed by atoms with Gasteiger partial charge in [0, 0.05) is 23.2 Å². The second-order valence-electron chi connectivity index (χ2n) is 4.71. The smallest absolute Gasteiger partial charge is 0.251 e. The van der Waals surface area contributed by atoms with Crippen LogP contribution in [0.5, 0.6) is 0 Å². The molecule has 1 heterocycles. The first kappa shape index (κ1) is 13.8. The van der Waals surface area contributed by atoms with Crippen molar-refractivity contribution >= 4 is 33.4 Å². The molecule has 0 aliphatic carbocycles. The van der Waals surface area contributed by atoms with E-state index in [9.17, 15) is 4.79 Å². The van der Waals surface area contributed by atoms with Crippen molar-refractivity contribution < 1.29 is 9.53 Å². The number of hydrogen-bond acceptors (Lipinski definition) is 2. The van der Waals surface area contributed by atoms with E-state index in [-0.39, 0.29) is 11.5 Å². The summed E-state index contributed by atoms with van der Waals surface area (Å²) in [7, 11) is 0. The van der Waals surface area contributed by atoms with Crippen LogP contribution >= 0.6 is 27.5 Å². The van der Waals surface area contributed by atoms with Gasteiger partial charge in [0.05, 0.1) is 10.6 Å². The molecule has 0 saturated carbocycles. The van der Waals surface area contributed by atoms with Gasteiger partial charge in [0.2, 0.25) is 0 Å². The number of benzene rings is 1. The van der Waals surface area contributed by atoms with Crippen LogP contribution in [0.2, 0.25) is 5.02 Å². The van der Waals surface area contributed by atoms with Gasteiger partial charge in [0.25, 0.3) is 5.91 Å². The molecule has 0 bridgehead atoms. The minimum atomic E-state index is -0.223. The molecular weight excluding hydrogens is 318 g/mol. The highest BCUT2D eigenvalue weighted by atomic mass is 79.9. The van der Waals surface area contributed by atoms with Crippen molar-refractivity contribution in [2.24, 2.45) is 0 Å². The van der Waals surface area contributed by atoms with Crippen LogP contribution in [0.25, 0.3) is 0 Å². The second kappa shape index (κ2) is 5.59. The Morgan fingerprint density at radius 1 is 1.61 bits per heavy atom. The van der Waals surface area contributed by atoms with Crippen LogP contribution in [-0.4, -0.2) is 24.7 Å². The zero-order chi connectivity index (χ0) is 13.2. The van der Waals surface area contributed by atoms with E-state index in [0.717, 1.165) is 23.9 Å². The average molecular weight is 333 g/mol. The lowest BCUT2D eigenvalue weighted by Gasteiger charge is -2.23. The number of nitrogens with one attached hydrogen (secondary N) is 1. The topological polar surface area (TPSA) is 38.3 Å². The highest BCUT2D eigenvalue weighted by Crippen LogP contribution is 2.25. The first-order chi connectivity index (χ1) is 8.50. The molecule has 1 amide bonds. The molecule has 1 fully saturated rings. The Hall–Kier alpha value is -0.580. The van der Waals surface area contributed by atoms with Crippen LogP contribution in [0, 0.1) is 0 Å². The molecule has 0 radical (unpaired) electrons. The molecule has 1 N–H and O–H groups in total. The number of carbonyl (C=O) groups is 1. The van der Waals surface area contributed by atoms with E-state index >= 15 is 0 Å². The van der Waals surface area contributed by atoms with Crippen LogP contribution in [0.4, 0.5) is 0 Å². The summed E-state index contributed by atoms with van der Waals surface area (Å²) in [4.78, 5) is 12.0. The molecule has 18 heavy (non-hydrogen) atoms.